The van der Waals surface area contributed by atoms with Crippen LogP contribution in [0, 0.1) is 17.5 Å². The summed E-state index contributed by atoms with van der Waals surface area (Å²) in [6.45, 7) is 0. The van der Waals surface area contributed by atoms with Crippen LogP contribution in [-0.4, -0.2) is 16.8 Å². The fourth-order valence-electron chi connectivity index (χ4n) is 2.33. The number of benzene rings is 3. The SMILES string of the molecule is O=S(=O)(Nc1ccccc1NS(=O)(=O)c1ccc(F)c(F)c1)c1ccc(F)cc1. The van der Waals surface area contributed by atoms with Crippen LogP contribution < -0.4 is 9.44 Å². The quantitative estimate of drug-likeness (QED) is 0.609. The minimum absolute atomic E-state index is 0.122. The Morgan fingerprint density at radius 1 is 0.586 bits per heavy atom. The Hall–Kier alpha value is -3.05. The van der Waals surface area contributed by atoms with E-state index in [9.17, 15) is 30.0 Å². The van der Waals surface area contributed by atoms with Gasteiger partial charge < -0.3 is 0 Å². The van der Waals surface area contributed by atoms with Crippen molar-refractivity contribution in [1.82, 2.24) is 0 Å². The van der Waals surface area contributed by atoms with Crippen molar-refractivity contribution in [3.05, 3.63) is 84.2 Å². The third kappa shape index (κ3) is 4.69. The molecule has 0 aromatic heterocycles. The molecule has 0 spiro atoms. The summed E-state index contributed by atoms with van der Waals surface area (Å²) in [6.07, 6.45) is 0. The number of para-hydroxylation sites is 2. The number of nitrogens with one attached hydrogen (secondary N) is 2. The molecule has 11 heteroatoms. The van der Waals surface area contributed by atoms with Gasteiger partial charge in [-0.15, -0.1) is 0 Å². The maximum atomic E-state index is 13.4. The molecule has 3 aromatic rings. The second-order valence-electron chi connectivity index (χ2n) is 5.79. The maximum Gasteiger partial charge on any atom is 0.262 e. The first-order valence-electron chi connectivity index (χ1n) is 7.94. The zero-order chi connectivity index (χ0) is 21.2. The molecule has 0 saturated carbocycles. The van der Waals surface area contributed by atoms with E-state index in [1.807, 2.05) is 0 Å². The third-order valence-corrected chi connectivity index (χ3v) is 6.49. The lowest BCUT2D eigenvalue weighted by atomic mass is 10.3. The summed E-state index contributed by atoms with van der Waals surface area (Å²) in [6, 6.07) is 11.5. The van der Waals surface area contributed by atoms with Crippen LogP contribution in [0.1, 0.15) is 0 Å². The van der Waals surface area contributed by atoms with E-state index in [2.05, 4.69) is 9.44 Å². The van der Waals surface area contributed by atoms with Gasteiger partial charge in [-0.2, -0.15) is 0 Å². The highest BCUT2D eigenvalue weighted by Crippen LogP contribution is 2.27. The summed E-state index contributed by atoms with van der Waals surface area (Å²) in [5, 5.41) is 0. The van der Waals surface area contributed by atoms with Gasteiger partial charge in [0.1, 0.15) is 5.82 Å². The Morgan fingerprint density at radius 2 is 1.07 bits per heavy atom. The summed E-state index contributed by atoms with van der Waals surface area (Å²) in [7, 11) is -8.49. The molecule has 6 nitrogen and oxygen atoms in total. The standard InChI is InChI=1S/C18H13F3N2O4S2/c19-12-5-7-13(8-6-12)28(24,25)22-17-3-1-2-4-18(17)23-29(26,27)14-9-10-15(20)16(21)11-14/h1-11,22-23H. The Kier molecular flexibility index (Phi) is 5.53. The molecule has 2 N–H and O–H groups in total. The molecule has 0 radical (unpaired) electrons. The van der Waals surface area contributed by atoms with Gasteiger partial charge >= 0.3 is 0 Å². The van der Waals surface area contributed by atoms with Gasteiger partial charge in [0.25, 0.3) is 20.0 Å². The highest BCUT2D eigenvalue weighted by molar-refractivity contribution is 7.93. The van der Waals surface area contributed by atoms with Gasteiger partial charge in [0, 0.05) is 0 Å². The van der Waals surface area contributed by atoms with E-state index in [1.54, 1.807) is 0 Å². The lowest BCUT2D eigenvalue weighted by Crippen LogP contribution is -2.17. The molecular formula is C18H13F3N2O4S2. The Balaban J connectivity index is 1.93. The first kappa shape index (κ1) is 20.7. The molecule has 3 aromatic carbocycles. The van der Waals surface area contributed by atoms with E-state index in [0.29, 0.717) is 12.1 Å². The first-order valence-corrected chi connectivity index (χ1v) is 10.9. The Morgan fingerprint density at radius 3 is 1.59 bits per heavy atom. The highest BCUT2D eigenvalue weighted by atomic mass is 32.2. The topological polar surface area (TPSA) is 92.3 Å². The lowest BCUT2D eigenvalue weighted by Gasteiger charge is -2.14. The predicted octanol–water partition coefficient (Wildman–Crippen LogP) is 3.71. The lowest BCUT2D eigenvalue weighted by molar-refractivity contribution is 0.504. The summed E-state index contributed by atoms with van der Waals surface area (Å²) in [5.74, 6) is -3.18. The Bertz CT molecular complexity index is 1260. The number of rotatable bonds is 6. The normalized spacial score (nSPS) is 11.8. The van der Waals surface area contributed by atoms with Gasteiger partial charge in [-0.3, -0.25) is 9.44 Å². The zero-order valence-corrected chi connectivity index (χ0v) is 16.1. The van der Waals surface area contributed by atoms with Crippen LogP contribution in [0.15, 0.2) is 76.5 Å². The second kappa shape index (κ2) is 7.76. The minimum atomic E-state index is -4.34. The van der Waals surface area contributed by atoms with E-state index in [1.165, 1.54) is 24.3 Å². The van der Waals surface area contributed by atoms with E-state index in [0.717, 1.165) is 30.3 Å². The monoisotopic (exact) mass is 442 g/mol. The summed E-state index contributed by atoms with van der Waals surface area (Å²) in [5.41, 5.74) is -0.272. The van der Waals surface area contributed by atoms with Gasteiger partial charge in [-0.05, 0) is 54.6 Å². The van der Waals surface area contributed by atoms with E-state index >= 15 is 0 Å². The molecule has 0 bridgehead atoms. The first-order chi connectivity index (χ1) is 13.6. The molecule has 0 aliphatic heterocycles. The van der Waals surface area contributed by atoms with Crippen molar-refractivity contribution in [2.24, 2.45) is 0 Å². The number of hydrogen-bond donors (Lipinski definition) is 2. The van der Waals surface area contributed by atoms with Gasteiger partial charge in [-0.1, -0.05) is 12.1 Å². The van der Waals surface area contributed by atoms with Crippen molar-refractivity contribution in [2.75, 3.05) is 9.44 Å². The van der Waals surface area contributed by atoms with Gasteiger partial charge in [0.05, 0.1) is 21.2 Å². The third-order valence-electron chi connectivity index (χ3n) is 3.74. The van der Waals surface area contributed by atoms with E-state index in [-0.39, 0.29) is 16.3 Å². The molecule has 0 atom stereocenters. The van der Waals surface area contributed by atoms with E-state index in [4.69, 9.17) is 0 Å². The number of halogens is 3. The van der Waals surface area contributed by atoms with Crippen molar-refractivity contribution in [2.45, 2.75) is 9.79 Å². The maximum absolute atomic E-state index is 13.4. The fourth-order valence-corrected chi connectivity index (χ4v) is 4.50. The number of anilines is 2. The molecular weight excluding hydrogens is 429 g/mol. The molecule has 0 heterocycles. The van der Waals surface area contributed by atoms with Crippen LogP contribution in [0.4, 0.5) is 24.5 Å². The minimum Gasteiger partial charge on any atom is -0.277 e. The predicted molar refractivity (Wildman–Crippen MR) is 101 cm³/mol. The molecule has 0 saturated heterocycles. The summed E-state index contributed by atoms with van der Waals surface area (Å²) >= 11 is 0. The second-order valence-corrected chi connectivity index (χ2v) is 9.15. The average molecular weight is 442 g/mol. The molecule has 152 valence electrons. The molecule has 3 rings (SSSR count). The molecule has 0 aliphatic carbocycles. The van der Waals surface area contributed by atoms with Crippen molar-refractivity contribution in [3.63, 3.8) is 0 Å². The molecule has 29 heavy (non-hydrogen) atoms. The van der Waals surface area contributed by atoms with Crippen molar-refractivity contribution < 1.29 is 30.0 Å². The van der Waals surface area contributed by atoms with Gasteiger partial charge in [0.2, 0.25) is 0 Å². The van der Waals surface area contributed by atoms with Crippen LogP contribution >= 0.6 is 0 Å². The van der Waals surface area contributed by atoms with E-state index < -0.39 is 42.4 Å². The molecule has 0 unspecified atom stereocenters. The summed E-state index contributed by atoms with van der Waals surface area (Å²) < 4.78 is 93.7. The molecule has 0 fully saturated rings. The van der Waals surface area contributed by atoms with Crippen molar-refractivity contribution in [1.29, 1.82) is 0 Å². The number of hydrogen-bond acceptors (Lipinski definition) is 4. The van der Waals surface area contributed by atoms with Crippen molar-refractivity contribution in [3.8, 4) is 0 Å². The zero-order valence-electron chi connectivity index (χ0n) is 14.4. The fraction of sp³-hybridized carbons (Fsp3) is 0. The van der Waals surface area contributed by atoms with Gasteiger partial charge in [-0.25, -0.2) is 30.0 Å². The van der Waals surface area contributed by atoms with Crippen LogP contribution in [0.3, 0.4) is 0 Å². The number of sulfonamides is 2. The molecule has 0 amide bonds. The van der Waals surface area contributed by atoms with Crippen LogP contribution in [0.2, 0.25) is 0 Å². The highest BCUT2D eigenvalue weighted by Gasteiger charge is 2.21. The average Bonchev–Trinajstić information content (AvgIpc) is 2.65. The molecule has 0 aliphatic rings. The smallest absolute Gasteiger partial charge is 0.262 e. The van der Waals surface area contributed by atoms with Crippen LogP contribution in [-0.2, 0) is 20.0 Å². The summed E-state index contributed by atoms with van der Waals surface area (Å²) in [4.78, 5) is -0.787. The van der Waals surface area contributed by atoms with Crippen LogP contribution in [0.5, 0.6) is 0 Å². The Labute approximate surface area is 165 Å². The van der Waals surface area contributed by atoms with Gasteiger partial charge in [0.15, 0.2) is 11.6 Å². The largest absolute Gasteiger partial charge is 0.277 e. The van der Waals surface area contributed by atoms with Crippen molar-refractivity contribution >= 4 is 31.4 Å². The van der Waals surface area contributed by atoms with Crippen LogP contribution in [0.25, 0.3) is 0 Å².